The molecule has 1 aromatic heterocycles. The van der Waals surface area contributed by atoms with Crippen LogP contribution in [0.5, 0.6) is 11.5 Å². The third-order valence-electron chi connectivity index (χ3n) is 3.01. The van der Waals surface area contributed by atoms with Gasteiger partial charge in [0.1, 0.15) is 0 Å². The van der Waals surface area contributed by atoms with Gasteiger partial charge in [0.15, 0.2) is 11.5 Å². The Balaban J connectivity index is 1.87. The molecule has 1 aromatic carbocycles. The standard InChI is InChI=1S/C13H13NO4S2/c1-14(8-10-3-2-6-19-10)20(15,16)11-4-5-12-13(7-11)18-9-17-12/h2-7H,8-9H2,1H3. The molecule has 3 rings (SSSR count). The number of ether oxygens (including phenoxy) is 2. The highest BCUT2D eigenvalue weighted by atomic mass is 32.2. The van der Waals surface area contributed by atoms with E-state index in [1.165, 1.54) is 27.8 Å². The second-order valence-electron chi connectivity index (χ2n) is 4.36. The SMILES string of the molecule is CN(Cc1cccs1)S(=O)(=O)c1ccc2c(c1)OCO2. The van der Waals surface area contributed by atoms with Crippen LogP contribution in [-0.2, 0) is 16.6 Å². The molecule has 20 heavy (non-hydrogen) atoms. The van der Waals surface area contributed by atoms with E-state index in [-0.39, 0.29) is 11.7 Å². The van der Waals surface area contributed by atoms with E-state index in [0.717, 1.165) is 4.88 Å². The van der Waals surface area contributed by atoms with Gasteiger partial charge in [0.2, 0.25) is 16.8 Å². The van der Waals surface area contributed by atoms with Crippen LogP contribution < -0.4 is 9.47 Å². The van der Waals surface area contributed by atoms with Gasteiger partial charge in [-0.25, -0.2) is 8.42 Å². The number of hydrogen-bond donors (Lipinski definition) is 0. The zero-order chi connectivity index (χ0) is 14.2. The molecule has 7 heteroatoms. The van der Waals surface area contributed by atoms with Gasteiger partial charge in [-0.1, -0.05) is 6.07 Å². The molecule has 0 radical (unpaired) electrons. The number of benzene rings is 1. The first-order valence-corrected chi connectivity index (χ1v) is 8.28. The van der Waals surface area contributed by atoms with Gasteiger partial charge in [-0.3, -0.25) is 0 Å². The fourth-order valence-electron chi connectivity index (χ4n) is 1.92. The first-order chi connectivity index (χ1) is 9.57. The molecule has 2 aromatic rings. The smallest absolute Gasteiger partial charge is 0.243 e. The van der Waals surface area contributed by atoms with E-state index in [0.29, 0.717) is 18.0 Å². The molecule has 1 aliphatic heterocycles. The Hall–Kier alpha value is -1.57. The summed E-state index contributed by atoms with van der Waals surface area (Å²) < 4.78 is 36.7. The van der Waals surface area contributed by atoms with Gasteiger partial charge in [-0.05, 0) is 23.6 Å². The summed E-state index contributed by atoms with van der Waals surface area (Å²) in [4.78, 5) is 1.21. The van der Waals surface area contributed by atoms with Gasteiger partial charge in [0.25, 0.3) is 0 Å². The molecule has 106 valence electrons. The Morgan fingerprint density at radius 1 is 1.25 bits per heavy atom. The van der Waals surface area contributed by atoms with E-state index in [1.54, 1.807) is 13.1 Å². The molecule has 0 atom stereocenters. The molecule has 0 saturated carbocycles. The lowest BCUT2D eigenvalue weighted by molar-refractivity contribution is 0.174. The van der Waals surface area contributed by atoms with Crippen molar-refractivity contribution in [3.8, 4) is 11.5 Å². The van der Waals surface area contributed by atoms with Crippen LogP contribution in [0.4, 0.5) is 0 Å². The molecule has 5 nitrogen and oxygen atoms in total. The van der Waals surface area contributed by atoms with Crippen LogP contribution in [0.25, 0.3) is 0 Å². The summed E-state index contributed by atoms with van der Waals surface area (Å²) in [5, 5.41) is 1.93. The van der Waals surface area contributed by atoms with E-state index in [1.807, 2.05) is 17.5 Å². The van der Waals surface area contributed by atoms with Crippen molar-refractivity contribution in [2.75, 3.05) is 13.8 Å². The van der Waals surface area contributed by atoms with Crippen LogP contribution in [0.2, 0.25) is 0 Å². The molecule has 0 fully saturated rings. The zero-order valence-electron chi connectivity index (χ0n) is 10.8. The Kier molecular flexibility index (Phi) is 3.41. The summed E-state index contributed by atoms with van der Waals surface area (Å²) in [6.07, 6.45) is 0. The second kappa shape index (κ2) is 5.08. The maximum atomic E-state index is 12.5. The maximum Gasteiger partial charge on any atom is 0.243 e. The number of nitrogens with zero attached hydrogens (tertiary/aromatic N) is 1. The van der Waals surface area contributed by atoms with E-state index < -0.39 is 10.0 Å². The molecule has 0 saturated heterocycles. The van der Waals surface area contributed by atoms with Crippen molar-refractivity contribution >= 4 is 21.4 Å². The Labute approximate surface area is 121 Å². The number of fused-ring (bicyclic) bond motifs is 1. The van der Waals surface area contributed by atoms with Gasteiger partial charge < -0.3 is 9.47 Å². The third-order valence-corrected chi connectivity index (χ3v) is 5.67. The van der Waals surface area contributed by atoms with E-state index in [4.69, 9.17) is 9.47 Å². The fourth-order valence-corrected chi connectivity index (χ4v) is 3.93. The van der Waals surface area contributed by atoms with Crippen LogP contribution in [0, 0.1) is 0 Å². The highest BCUT2D eigenvalue weighted by molar-refractivity contribution is 7.89. The Morgan fingerprint density at radius 3 is 2.80 bits per heavy atom. The van der Waals surface area contributed by atoms with Crippen LogP contribution in [0.15, 0.2) is 40.6 Å². The van der Waals surface area contributed by atoms with Crippen molar-refractivity contribution in [1.82, 2.24) is 4.31 Å². The van der Waals surface area contributed by atoms with Gasteiger partial charge in [-0.15, -0.1) is 11.3 Å². The Bertz CT molecular complexity index is 710. The molecule has 0 spiro atoms. The van der Waals surface area contributed by atoms with Crippen molar-refractivity contribution in [1.29, 1.82) is 0 Å². The Morgan fingerprint density at radius 2 is 2.05 bits per heavy atom. The molecule has 0 bridgehead atoms. The predicted octanol–water partition coefficient (Wildman–Crippen LogP) is 2.30. The van der Waals surface area contributed by atoms with E-state index >= 15 is 0 Å². The highest BCUT2D eigenvalue weighted by Crippen LogP contribution is 2.34. The fraction of sp³-hybridized carbons (Fsp3) is 0.231. The van der Waals surface area contributed by atoms with Gasteiger partial charge >= 0.3 is 0 Å². The summed E-state index contributed by atoms with van der Waals surface area (Å²) in [6.45, 7) is 0.484. The monoisotopic (exact) mass is 311 g/mol. The zero-order valence-corrected chi connectivity index (χ0v) is 12.4. The molecular weight excluding hydrogens is 298 g/mol. The number of sulfonamides is 1. The average Bonchev–Trinajstić information content (AvgIpc) is 3.07. The maximum absolute atomic E-state index is 12.5. The van der Waals surface area contributed by atoms with Crippen LogP contribution in [-0.4, -0.2) is 26.6 Å². The molecule has 0 unspecified atom stereocenters. The van der Waals surface area contributed by atoms with Crippen molar-refractivity contribution in [3.63, 3.8) is 0 Å². The topological polar surface area (TPSA) is 55.8 Å². The lowest BCUT2D eigenvalue weighted by Crippen LogP contribution is -2.26. The minimum atomic E-state index is -3.53. The third kappa shape index (κ3) is 2.39. The molecule has 2 heterocycles. The molecule has 0 aliphatic carbocycles. The van der Waals surface area contributed by atoms with Gasteiger partial charge in [-0.2, -0.15) is 4.31 Å². The molecule has 0 amide bonds. The first-order valence-electron chi connectivity index (χ1n) is 5.96. The summed E-state index contributed by atoms with van der Waals surface area (Å²) in [5.74, 6) is 1.04. The minimum absolute atomic E-state index is 0.129. The molecular formula is C13H13NO4S2. The lowest BCUT2D eigenvalue weighted by Gasteiger charge is -2.16. The van der Waals surface area contributed by atoms with Crippen LogP contribution in [0.1, 0.15) is 4.88 Å². The van der Waals surface area contributed by atoms with Crippen molar-refractivity contribution < 1.29 is 17.9 Å². The van der Waals surface area contributed by atoms with E-state index in [2.05, 4.69) is 0 Å². The van der Waals surface area contributed by atoms with Gasteiger partial charge in [0.05, 0.1) is 4.90 Å². The van der Waals surface area contributed by atoms with Crippen molar-refractivity contribution in [2.24, 2.45) is 0 Å². The predicted molar refractivity (Wildman–Crippen MR) is 75.5 cm³/mol. The molecule has 0 N–H and O–H groups in total. The summed E-state index contributed by atoms with van der Waals surface area (Å²) in [7, 11) is -1.96. The van der Waals surface area contributed by atoms with Crippen LogP contribution in [0.3, 0.4) is 0 Å². The normalized spacial score (nSPS) is 13.9. The highest BCUT2D eigenvalue weighted by Gasteiger charge is 2.24. The molecule has 1 aliphatic rings. The minimum Gasteiger partial charge on any atom is -0.454 e. The number of rotatable bonds is 4. The first kappa shape index (κ1) is 13.4. The summed E-state index contributed by atoms with van der Waals surface area (Å²) >= 11 is 1.53. The van der Waals surface area contributed by atoms with E-state index in [9.17, 15) is 8.42 Å². The summed E-state index contributed by atoms with van der Waals surface area (Å²) in [6, 6.07) is 8.47. The average molecular weight is 311 g/mol. The second-order valence-corrected chi connectivity index (χ2v) is 7.43. The van der Waals surface area contributed by atoms with Crippen molar-refractivity contribution in [3.05, 3.63) is 40.6 Å². The quantitative estimate of drug-likeness (QED) is 0.869. The lowest BCUT2D eigenvalue weighted by atomic mass is 10.3. The van der Waals surface area contributed by atoms with Crippen molar-refractivity contribution in [2.45, 2.75) is 11.4 Å². The van der Waals surface area contributed by atoms with Gasteiger partial charge in [0, 0.05) is 24.5 Å². The largest absolute Gasteiger partial charge is 0.454 e. The van der Waals surface area contributed by atoms with Crippen LogP contribution >= 0.6 is 11.3 Å². The number of hydrogen-bond acceptors (Lipinski definition) is 5. The summed E-state index contributed by atoms with van der Waals surface area (Å²) in [5.41, 5.74) is 0. The number of thiophene rings is 1.